The predicted octanol–water partition coefficient (Wildman–Crippen LogP) is 1.41. The number of carbonyl (C=O) groups is 1. The Bertz CT molecular complexity index is 575. The van der Waals surface area contributed by atoms with E-state index in [0.717, 1.165) is 6.42 Å². The van der Waals surface area contributed by atoms with Crippen LogP contribution in [-0.4, -0.2) is 42.5 Å². The first-order valence-corrected chi connectivity index (χ1v) is 6.72. The lowest BCUT2D eigenvalue weighted by atomic mass is 9.90. The van der Waals surface area contributed by atoms with Crippen molar-refractivity contribution in [1.82, 2.24) is 4.90 Å². The van der Waals surface area contributed by atoms with Crippen molar-refractivity contribution < 1.29 is 14.5 Å². The van der Waals surface area contributed by atoms with E-state index in [2.05, 4.69) is 6.92 Å². The van der Waals surface area contributed by atoms with Crippen LogP contribution >= 0.6 is 0 Å². The summed E-state index contributed by atoms with van der Waals surface area (Å²) < 4.78 is 4.99. The summed E-state index contributed by atoms with van der Waals surface area (Å²) in [6, 6.07) is 4.17. The maximum Gasteiger partial charge on any atom is 0.310 e. The summed E-state index contributed by atoms with van der Waals surface area (Å²) in [5.41, 5.74) is 5.92. The molecule has 0 spiro atoms. The van der Waals surface area contributed by atoms with Crippen molar-refractivity contribution in [2.24, 2.45) is 11.1 Å². The summed E-state index contributed by atoms with van der Waals surface area (Å²) in [4.78, 5) is 24.5. The Morgan fingerprint density at radius 3 is 2.81 bits per heavy atom. The molecule has 21 heavy (non-hydrogen) atoms. The molecular weight excluding hydrogens is 274 g/mol. The lowest BCUT2D eigenvalue weighted by molar-refractivity contribution is -0.385. The molecule has 1 aromatic carbocycles. The zero-order valence-corrected chi connectivity index (χ0v) is 12.2. The Labute approximate surface area is 122 Å². The fourth-order valence-corrected chi connectivity index (χ4v) is 2.51. The molecule has 7 nitrogen and oxygen atoms in total. The van der Waals surface area contributed by atoms with Crippen molar-refractivity contribution in [2.45, 2.75) is 13.3 Å². The van der Waals surface area contributed by atoms with Gasteiger partial charge >= 0.3 is 5.69 Å². The van der Waals surface area contributed by atoms with Crippen LogP contribution in [0.15, 0.2) is 18.2 Å². The summed E-state index contributed by atoms with van der Waals surface area (Å²) in [6.45, 7) is 3.82. The molecule has 114 valence electrons. The number of rotatable bonds is 4. The minimum absolute atomic E-state index is 0.0550. The third kappa shape index (κ3) is 2.97. The molecule has 1 amide bonds. The van der Waals surface area contributed by atoms with Gasteiger partial charge in [0, 0.05) is 30.8 Å². The monoisotopic (exact) mass is 293 g/mol. The number of amides is 1. The molecule has 1 aliphatic rings. The van der Waals surface area contributed by atoms with E-state index in [1.54, 1.807) is 4.90 Å². The fourth-order valence-electron chi connectivity index (χ4n) is 2.51. The average molecular weight is 293 g/mol. The Morgan fingerprint density at radius 2 is 2.29 bits per heavy atom. The van der Waals surface area contributed by atoms with Gasteiger partial charge in [0.05, 0.1) is 12.0 Å². The van der Waals surface area contributed by atoms with E-state index in [0.29, 0.717) is 25.2 Å². The number of ether oxygens (including phenoxy) is 1. The molecule has 1 atom stereocenters. The van der Waals surface area contributed by atoms with Crippen LogP contribution < -0.4 is 10.5 Å². The molecule has 0 bridgehead atoms. The number of nitro groups is 1. The SMILES string of the molecule is COc1cc(C(=O)N2CCC(C)(CN)C2)ccc1[N+](=O)[O-]. The number of hydrogen-bond donors (Lipinski definition) is 1. The summed E-state index contributed by atoms with van der Waals surface area (Å²) in [6.07, 6.45) is 0.860. The topological polar surface area (TPSA) is 98.7 Å². The second kappa shape index (κ2) is 5.69. The maximum atomic E-state index is 12.5. The summed E-state index contributed by atoms with van der Waals surface area (Å²) in [7, 11) is 1.35. The van der Waals surface area contributed by atoms with Crippen LogP contribution in [0.5, 0.6) is 5.75 Å². The third-order valence-corrected chi connectivity index (χ3v) is 3.96. The third-order valence-electron chi connectivity index (χ3n) is 3.96. The number of nitrogens with two attached hydrogens (primary N) is 1. The Morgan fingerprint density at radius 1 is 1.57 bits per heavy atom. The molecule has 1 aliphatic heterocycles. The lowest BCUT2D eigenvalue weighted by Crippen LogP contribution is -2.34. The molecule has 0 radical (unpaired) electrons. The van der Waals surface area contributed by atoms with Crippen molar-refractivity contribution >= 4 is 11.6 Å². The van der Waals surface area contributed by atoms with Crippen molar-refractivity contribution in [3.05, 3.63) is 33.9 Å². The Balaban J connectivity index is 2.23. The van der Waals surface area contributed by atoms with E-state index in [9.17, 15) is 14.9 Å². The van der Waals surface area contributed by atoms with Gasteiger partial charge in [0.25, 0.3) is 5.91 Å². The molecule has 0 saturated carbocycles. The van der Waals surface area contributed by atoms with Crippen LogP contribution in [-0.2, 0) is 0 Å². The Kier molecular flexibility index (Phi) is 4.13. The summed E-state index contributed by atoms with van der Waals surface area (Å²) in [5.74, 6) is -0.0630. The van der Waals surface area contributed by atoms with Crippen molar-refractivity contribution in [3.8, 4) is 5.75 Å². The molecule has 1 aromatic rings. The van der Waals surface area contributed by atoms with Crippen LogP contribution in [0.25, 0.3) is 0 Å². The first-order chi connectivity index (χ1) is 9.90. The molecule has 0 aliphatic carbocycles. The first-order valence-electron chi connectivity index (χ1n) is 6.72. The minimum Gasteiger partial charge on any atom is -0.490 e. The van der Waals surface area contributed by atoms with E-state index < -0.39 is 4.92 Å². The second-order valence-corrected chi connectivity index (χ2v) is 5.64. The van der Waals surface area contributed by atoms with Crippen LogP contribution in [0, 0.1) is 15.5 Å². The fraction of sp³-hybridized carbons (Fsp3) is 0.500. The van der Waals surface area contributed by atoms with Gasteiger partial charge in [-0.05, 0) is 24.4 Å². The standard InChI is InChI=1S/C14H19N3O4/c1-14(8-15)5-6-16(9-14)13(18)10-3-4-11(17(19)20)12(7-10)21-2/h3-4,7H,5-6,8-9,15H2,1-2H3. The van der Waals surface area contributed by atoms with Crippen LogP contribution in [0.4, 0.5) is 5.69 Å². The van der Waals surface area contributed by atoms with Gasteiger partial charge in [0.2, 0.25) is 0 Å². The van der Waals surface area contributed by atoms with Gasteiger partial charge in [-0.1, -0.05) is 6.92 Å². The van der Waals surface area contributed by atoms with Gasteiger partial charge in [-0.2, -0.15) is 0 Å². The number of likely N-dealkylation sites (tertiary alicyclic amines) is 1. The van der Waals surface area contributed by atoms with Gasteiger partial charge in [-0.15, -0.1) is 0 Å². The summed E-state index contributed by atoms with van der Waals surface area (Å²) >= 11 is 0. The number of nitro benzene ring substituents is 1. The smallest absolute Gasteiger partial charge is 0.310 e. The van der Waals surface area contributed by atoms with Gasteiger partial charge < -0.3 is 15.4 Å². The molecule has 0 aromatic heterocycles. The highest BCUT2D eigenvalue weighted by Gasteiger charge is 2.35. The highest BCUT2D eigenvalue weighted by molar-refractivity contribution is 5.95. The van der Waals surface area contributed by atoms with Crippen molar-refractivity contribution in [3.63, 3.8) is 0 Å². The number of carbonyl (C=O) groups excluding carboxylic acids is 1. The van der Waals surface area contributed by atoms with Gasteiger partial charge in [0.1, 0.15) is 0 Å². The predicted molar refractivity (Wildman–Crippen MR) is 77.3 cm³/mol. The second-order valence-electron chi connectivity index (χ2n) is 5.64. The average Bonchev–Trinajstić information content (AvgIpc) is 2.89. The number of methoxy groups -OCH3 is 1. The van der Waals surface area contributed by atoms with E-state index in [1.807, 2.05) is 0 Å². The van der Waals surface area contributed by atoms with Gasteiger partial charge in [0.15, 0.2) is 5.75 Å². The van der Waals surface area contributed by atoms with E-state index in [1.165, 1.54) is 25.3 Å². The number of nitrogens with zero attached hydrogens (tertiary/aromatic N) is 2. The van der Waals surface area contributed by atoms with Crippen molar-refractivity contribution in [2.75, 3.05) is 26.7 Å². The van der Waals surface area contributed by atoms with E-state index in [4.69, 9.17) is 10.5 Å². The molecule has 1 saturated heterocycles. The molecule has 2 N–H and O–H groups in total. The molecule has 1 unspecified atom stereocenters. The van der Waals surface area contributed by atoms with Crippen LogP contribution in [0.3, 0.4) is 0 Å². The van der Waals surface area contributed by atoms with Crippen molar-refractivity contribution in [1.29, 1.82) is 0 Å². The quantitative estimate of drug-likeness (QED) is 0.668. The first kappa shape index (κ1) is 15.2. The lowest BCUT2D eigenvalue weighted by Gasteiger charge is -2.22. The molecule has 1 heterocycles. The van der Waals surface area contributed by atoms with Crippen LogP contribution in [0.1, 0.15) is 23.7 Å². The largest absolute Gasteiger partial charge is 0.490 e. The maximum absolute atomic E-state index is 12.5. The van der Waals surface area contributed by atoms with Gasteiger partial charge in [-0.25, -0.2) is 0 Å². The highest BCUT2D eigenvalue weighted by atomic mass is 16.6. The molecule has 2 rings (SSSR count). The van der Waals surface area contributed by atoms with Gasteiger partial charge in [-0.3, -0.25) is 14.9 Å². The number of hydrogen-bond acceptors (Lipinski definition) is 5. The molecule has 1 fully saturated rings. The normalized spacial score (nSPS) is 21.4. The van der Waals surface area contributed by atoms with E-state index >= 15 is 0 Å². The van der Waals surface area contributed by atoms with Crippen LogP contribution in [0.2, 0.25) is 0 Å². The highest BCUT2D eigenvalue weighted by Crippen LogP contribution is 2.32. The summed E-state index contributed by atoms with van der Waals surface area (Å²) in [5, 5.41) is 10.9. The molecule has 7 heteroatoms. The minimum atomic E-state index is -0.533. The Hall–Kier alpha value is -2.15. The van der Waals surface area contributed by atoms with E-state index in [-0.39, 0.29) is 22.8 Å². The number of benzene rings is 1. The zero-order valence-electron chi connectivity index (χ0n) is 12.2. The zero-order chi connectivity index (χ0) is 15.6. The molecular formula is C14H19N3O4.